The fourth-order valence-corrected chi connectivity index (χ4v) is 16.6. The predicted octanol–water partition coefficient (Wildman–Crippen LogP) is 11.9. The van der Waals surface area contributed by atoms with Gasteiger partial charge < -0.3 is 49.7 Å². The fraction of sp³-hybridized carbons (Fsp3) is 0.429. The molecule has 9 heterocycles. The van der Waals surface area contributed by atoms with Crippen molar-refractivity contribution in [1.82, 2.24) is 60.1 Å². The number of aromatic hydroxyl groups is 2. The number of carbonyl (C=O) groups is 7. The van der Waals surface area contributed by atoms with Gasteiger partial charge in [0.25, 0.3) is 17.7 Å². The number of likely N-dealkylation sites (N-methyl/N-ethyl adjacent to an activating group) is 2. The third-order valence-corrected chi connectivity index (χ3v) is 22.2. The van der Waals surface area contributed by atoms with E-state index in [1.165, 1.54) is 39.8 Å². The number of hydrogen-bond acceptors (Lipinski definition) is 18. The van der Waals surface area contributed by atoms with Gasteiger partial charge in [-0.15, -0.1) is 0 Å². The SMILES string of the molecule is CCc1ncccc1-c1c2c3cc(ccc3n1CC)-c1cc(O)cc(c1)C[C@H](N)C(=O)N1CCC[C@H](N1)C(=O)OCC(C)(C)C2.CCc1ncccc1-c1c2c3cc(ccc3n1CC)-c1cc(O)cc(c1)C[C@H](NC(=O)[C@H](C(C)C)N(C)C(=O)c1ccc(CC(=O)/C=C/CN(C)C)cn1)C(=O)N1CCC[C@H](N1)C(=O)OCC(C)(C)C2. The Balaban J connectivity index is 0.000000233. The van der Waals surface area contributed by atoms with Crippen LogP contribution in [0.25, 0.3) is 66.6 Å². The van der Waals surface area contributed by atoms with Gasteiger partial charge in [0.05, 0.1) is 30.6 Å². The maximum absolute atomic E-state index is 14.8. The van der Waals surface area contributed by atoms with Gasteiger partial charge in [-0.25, -0.2) is 10.9 Å². The molecule has 24 nitrogen and oxygen atoms in total. The highest BCUT2D eigenvalue weighted by Crippen LogP contribution is 2.44. The van der Waals surface area contributed by atoms with E-state index in [0.29, 0.717) is 69.3 Å². The summed E-state index contributed by atoms with van der Waals surface area (Å²) < 4.78 is 16.7. The number of phenolic OH excluding ortho intramolecular Hbond substituents is 2. The van der Waals surface area contributed by atoms with E-state index in [1.807, 2.05) is 75.6 Å². The minimum atomic E-state index is -1.18. The Labute approximate surface area is 673 Å². The Bertz CT molecular complexity index is 5150. The van der Waals surface area contributed by atoms with Crippen LogP contribution in [-0.2, 0) is 96.3 Å². The highest BCUT2D eigenvalue weighted by molar-refractivity contribution is 6.00. The van der Waals surface area contributed by atoms with Crippen molar-refractivity contribution in [3.8, 4) is 56.3 Å². The molecular weight excluding hydrogens is 1450 g/mol. The number of ether oxygens (including phenoxy) is 2. The molecular formula is C91H111N13O11. The number of nitrogens with two attached hydrogens (primary N) is 1. The predicted molar refractivity (Wildman–Crippen MR) is 446 cm³/mol. The van der Waals surface area contributed by atoms with Gasteiger partial charge in [-0.1, -0.05) is 91.8 Å². The minimum Gasteiger partial charge on any atom is -0.508 e. The molecule has 4 aliphatic rings. The zero-order valence-corrected chi connectivity index (χ0v) is 68.6. The van der Waals surface area contributed by atoms with Crippen LogP contribution in [0.5, 0.6) is 11.5 Å². The second-order valence-electron chi connectivity index (χ2n) is 33.2. The quantitative estimate of drug-likeness (QED) is 0.0387. The van der Waals surface area contributed by atoms with Crippen LogP contribution < -0.4 is 21.9 Å². The summed E-state index contributed by atoms with van der Waals surface area (Å²) in [4.78, 5) is 114. The van der Waals surface area contributed by atoms with Crippen molar-refractivity contribution in [2.45, 2.75) is 183 Å². The van der Waals surface area contributed by atoms with Crippen LogP contribution in [0.15, 0.2) is 140 Å². The summed E-state index contributed by atoms with van der Waals surface area (Å²) in [6, 6.07) is 30.3. The Morgan fingerprint density at radius 3 is 1.62 bits per heavy atom. The molecule has 2 fully saturated rings. The zero-order valence-electron chi connectivity index (χ0n) is 68.6. The molecule has 0 spiro atoms. The van der Waals surface area contributed by atoms with Crippen LogP contribution in [0.2, 0.25) is 0 Å². The molecule has 4 amide bonds. The van der Waals surface area contributed by atoms with Crippen LogP contribution in [-0.4, -0.2) is 180 Å². The van der Waals surface area contributed by atoms with E-state index >= 15 is 0 Å². The molecule has 4 aromatic carbocycles. The first-order valence-electron chi connectivity index (χ1n) is 40.4. The van der Waals surface area contributed by atoms with Gasteiger partial charge in [-0.2, -0.15) is 0 Å². The van der Waals surface area contributed by atoms with E-state index in [0.717, 1.165) is 108 Å². The number of nitrogens with zero attached hydrogens (tertiary/aromatic N) is 9. The first-order chi connectivity index (χ1) is 54.9. The average Bonchev–Trinajstić information content (AvgIpc) is 1.60. The monoisotopic (exact) mass is 1560 g/mol. The smallest absolute Gasteiger partial charge is 0.324 e. The Morgan fingerprint density at radius 1 is 0.643 bits per heavy atom. The lowest BCUT2D eigenvalue weighted by Gasteiger charge is -2.36. The molecule has 7 N–H and O–H groups in total. The number of aryl methyl sites for hydroxylation is 4. The Morgan fingerprint density at radius 2 is 1.15 bits per heavy atom. The van der Waals surface area contributed by atoms with Gasteiger partial charge in [0.15, 0.2) is 5.78 Å². The van der Waals surface area contributed by atoms with Crippen molar-refractivity contribution in [3.05, 3.63) is 185 Å². The molecule has 0 unspecified atom stereocenters. The lowest BCUT2D eigenvalue weighted by Crippen LogP contribution is -2.62. The molecule has 5 atom stereocenters. The largest absolute Gasteiger partial charge is 0.508 e. The van der Waals surface area contributed by atoms with Crippen molar-refractivity contribution >= 4 is 63.2 Å². The van der Waals surface area contributed by atoms with Crippen LogP contribution >= 0.6 is 0 Å². The molecule has 24 heteroatoms. The number of rotatable bonds is 16. The van der Waals surface area contributed by atoms with E-state index in [9.17, 15) is 43.8 Å². The Kier molecular flexibility index (Phi) is 26.0. The van der Waals surface area contributed by atoms with Gasteiger partial charge >= 0.3 is 11.9 Å². The summed E-state index contributed by atoms with van der Waals surface area (Å²) in [6.07, 6.45) is 13.8. The summed E-state index contributed by atoms with van der Waals surface area (Å²) >= 11 is 0. The number of ketones is 1. The van der Waals surface area contributed by atoms with E-state index in [-0.39, 0.29) is 73.9 Å². The fourth-order valence-electron chi connectivity index (χ4n) is 16.6. The van der Waals surface area contributed by atoms with E-state index in [2.05, 4.69) is 128 Å². The van der Waals surface area contributed by atoms with Crippen molar-refractivity contribution < 1.29 is 53.2 Å². The summed E-state index contributed by atoms with van der Waals surface area (Å²) in [5.41, 5.74) is 27.9. The van der Waals surface area contributed by atoms with Gasteiger partial charge in [-0.3, -0.25) is 58.5 Å². The molecule has 0 saturated carbocycles. The lowest BCUT2D eigenvalue weighted by molar-refractivity contribution is -0.156. The van der Waals surface area contributed by atoms with Gasteiger partial charge in [0.2, 0.25) is 5.91 Å². The number of phenols is 2. The highest BCUT2D eigenvalue weighted by Gasteiger charge is 2.40. The number of allylic oxidation sites excluding steroid dienone is 1. The molecule has 5 aromatic heterocycles. The molecule has 12 bridgehead atoms. The van der Waals surface area contributed by atoms with Crippen LogP contribution in [0.1, 0.15) is 145 Å². The van der Waals surface area contributed by atoms with Crippen molar-refractivity contribution in [2.75, 3.05) is 54.0 Å². The number of amides is 4. The Hall–Kier alpha value is -10.9. The molecule has 2 saturated heterocycles. The van der Waals surface area contributed by atoms with Crippen LogP contribution in [0.3, 0.4) is 0 Å². The molecule has 4 aliphatic heterocycles. The summed E-state index contributed by atoms with van der Waals surface area (Å²) in [6.45, 7) is 23.7. The number of aromatic nitrogens is 5. The minimum absolute atomic E-state index is 0.0105. The number of esters is 2. The standard InChI is InChI=1S/C55H68N8O7.C36H43N5O4/c1-10-44-41(16-12-22-56-44)50-43-31-55(5,6)33-70-54(69)46-17-14-24-63(59-46)53(68)47(28-36-25-38(29-40(65)27-36)37-19-21-48(42(43)30-37)62(50)11-2)58-51(66)49(34(3)4)61(9)52(67)45-20-18-35(32-57-45)26-39(64)15-13-23-60(7)8;1-5-30-26(9-7-13-38-30)33-28-20-36(3,4)21-45-35(44)31-10-8-14-41(39-31)34(43)29(37)17-22-15-24(18-25(42)16-22)23-11-12-32(27(28)19-23)40(33)6-2/h12-13,15-16,18-22,25,27,29-30,32,34,46-47,49,59,65H,10-11,14,17,23-24,26,28,31,33H2,1-9H3,(H,58,66);7,9,11-13,15-16,18-19,29,31,39,42H,5-6,8,10,14,17,20-21,37H2,1-4H3/b15-13+;/t46-,47-,49-;29-,31-/m00/s1. The number of hydrazine groups is 2. The summed E-state index contributed by atoms with van der Waals surface area (Å²) in [5, 5.41) is 30.1. The number of nitrogens with one attached hydrogen (secondary N) is 3. The third-order valence-electron chi connectivity index (χ3n) is 22.2. The molecule has 115 heavy (non-hydrogen) atoms. The van der Waals surface area contributed by atoms with E-state index in [4.69, 9.17) is 25.2 Å². The highest BCUT2D eigenvalue weighted by atomic mass is 16.5. The van der Waals surface area contributed by atoms with Gasteiger partial charge in [-0.05, 0) is 227 Å². The normalized spacial score (nSPS) is 19.0. The maximum atomic E-state index is 14.8. The first-order valence-corrected chi connectivity index (χ1v) is 40.4. The maximum Gasteiger partial charge on any atom is 0.324 e. The number of pyridine rings is 3. The van der Waals surface area contributed by atoms with E-state index in [1.54, 1.807) is 42.5 Å². The molecule has 0 radical (unpaired) electrons. The first kappa shape index (κ1) is 83.5. The number of cyclic esters (lactones) is 2. The number of carbonyl (C=O) groups excluding carboxylic acids is 7. The van der Waals surface area contributed by atoms with Crippen molar-refractivity contribution in [2.24, 2.45) is 22.5 Å². The second-order valence-corrected chi connectivity index (χ2v) is 33.2. The summed E-state index contributed by atoms with van der Waals surface area (Å²) in [5.74, 6) is -3.09. The molecule has 13 rings (SSSR count). The molecule has 606 valence electrons. The molecule has 0 aliphatic carbocycles. The van der Waals surface area contributed by atoms with Gasteiger partial charge in [0, 0.05) is 126 Å². The van der Waals surface area contributed by atoms with E-state index < -0.39 is 70.6 Å². The van der Waals surface area contributed by atoms with Gasteiger partial charge in [0.1, 0.15) is 41.4 Å². The summed E-state index contributed by atoms with van der Waals surface area (Å²) in [7, 11) is 5.35. The second kappa shape index (κ2) is 35.9. The number of fused-ring (bicyclic) bond motifs is 12. The van der Waals surface area contributed by atoms with Crippen molar-refractivity contribution in [1.29, 1.82) is 0 Å². The zero-order chi connectivity index (χ0) is 82.3. The van der Waals surface area contributed by atoms with Crippen LogP contribution in [0.4, 0.5) is 0 Å². The van der Waals surface area contributed by atoms with Crippen LogP contribution in [0, 0.1) is 16.7 Å². The average molecular weight is 1560 g/mol. The number of benzene rings is 4. The number of hydrogen-bond donors (Lipinski definition) is 6. The lowest BCUT2D eigenvalue weighted by atomic mass is 9.84. The topological polar surface area (TPSA) is 302 Å². The molecule has 9 aromatic rings. The van der Waals surface area contributed by atoms with Crippen molar-refractivity contribution in [3.63, 3.8) is 0 Å². The third kappa shape index (κ3) is 19.1.